The minimum Gasteiger partial charge on any atom is -0.493 e. The number of anilines is 1. The van der Waals surface area contributed by atoms with Crippen molar-refractivity contribution in [2.24, 2.45) is 0 Å². The van der Waals surface area contributed by atoms with Gasteiger partial charge in [-0.05, 0) is 62.1 Å². The Bertz CT molecular complexity index is 1520. The molecule has 1 aromatic heterocycles. The van der Waals surface area contributed by atoms with Gasteiger partial charge < -0.3 is 34.3 Å². The van der Waals surface area contributed by atoms with E-state index in [1.807, 2.05) is 23.1 Å². The summed E-state index contributed by atoms with van der Waals surface area (Å²) in [5, 5.41) is 3.62. The largest absolute Gasteiger partial charge is 0.493 e. The number of ether oxygens (including phenoxy) is 3. The lowest BCUT2D eigenvalue weighted by molar-refractivity contribution is 0.0776. The molecule has 2 fully saturated rings. The van der Waals surface area contributed by atoms with Crippen molar-refractivity contribution in [3.8, 4) is 17.2 Å². The molecule has 1 amide bonds. The maximum Gasteiger partial charge on any atom is 0.257 e. The second kappa shape index (κ2) is 12.6. The molecule has 43 heavy (non-hydrogen) atoms. The van der Waals surface area contributed by atoms with E-state index in [1.165, 1.54) is 5.56 Å². The molecule has 2 N–H and O–H groups in total. The van der Waals surface area contributed by atoms with Crippen LogP contribution in [0.4, 0.5) is 5.95 Å². The van der Waals surface area contributed by atoms with E-state index in [1.54, 1.807) is 33.5 Å². The zero-order valence-electron chi connectivity index (χ0n) is 25.3. The first kappa shape index (κ1) is 28.9. The fraction of sp³-hybridized carbons (Fsp3) is 0.412. The van der Waals surface area contributed by atoms with E-state index < -0.39 is 0 Å². The van der Waals surface area contributed by atoms with E-state index in [4.69, 9.17) is 19.2 Å². The standard InChI is InChI=1S/C34H41N5O4/c1-41-29-14-13-26(30(42-2)31(29)43-3)32(40)39-22-18-34(23-39,24-9-5-4-6-10-24)17-21-38-19-15-25(16-20-38)35-33-36-27-11-7-8-12-28(27)37-33/h4-14,25H,15-23H2,1-3H3,(H2,35,36,37). The Hall–Kier alpha value is -4.24. The summed E-state index contributed by atoms with van der Waals surface area (Å²) in [5.41, 5.74) is 3.73. The fourth-order valence-corrected chi connectivity index (χ4v) is 6.75. The monoisotopic (exact) mass is 583 g/mol. The van der Waals surface area contributed by atoms with Crippen molar-refractivity contribution in [2.75, 3.05) is 59.4 Å². The van der Waals surface area contributed by atoms with Crippen LogP contribution in [0.15, 0.2) is 66.7 Å². The van der Waals surface area contributed by atoms with E-state index in [2.05, 4.69) is 51.6 Å². The van der Waals surface area contributed by atoms with Gasteiger partial charge in [0.25, 0.3) is 5.91 Å². The summed E-state index contributed by atoms with van der Waals surface area (Å²) < 4.78 is 16.6. The average Bonchev–Trinajstić information content (AvgIpc) is 3.68. The van der Waals surface area contributed by atoms with Crippen molar-refractivity contribution >= 4 is 22.9 Å². The molecule has 1 atom stereocenters. The topological polar surface area (TPSA) is 92.0 Å². The average molecular weight is 584 g/mol. The number of H-pyrrole nitrogens is 1. The van der Waals surface area contributed by atoms with E-state index in [9.17, 15) is 4.79 Å². The van der Waals surface area contributed by atoms with E-state index in [-0.39, 0.29) is 11.3 Å². The highest BCUT2D eigenvalue weighted by Crippen LogP contribution is 2.43. The Balaban J connectivity index is 1.12. The predicted octanol–water partition coefficient (Wildman–Crippen LogP) is 5.34. The summed E-state index contributed by atoms with van der Waals surface area (Å²) in [6.07, 6.45) is 4.05. The Morgan fingerprint density at radius 1 is 0.930 bits per heavy atom. The SMILES string of the molecule is COc1ccc(C(=O)N2CCC(CCN3CCC(Nc4nc5ccccc5[nH]4)CC3)(c3ccccc3)C2)c(OC)c1OC. The normalized spacial score (nSPS) is 19.5. The summed E-state index contributed by atoms with van der Waals surface area (Å²) in [5.74, 6) is 2.18. The Morgan fingerprint density at radius 2 is 1.67 bits per heavy atom. The van der Waals surface area contributed by atoms with Crippen molar-refractivity contribution in [1.82, 2.24) is 19.8 Å². The van der Waals surface area contributed by atoms with Gasteiger partial charge in [0.15, 0.2) is 11.5 Å². The highest BCUT2D eigenvalue weighted by molar-refractivity contribution is 5.98. The smallest absolute Gasteiger partial charge is 0.257 e. The molecule has 1 unspecified atom stereocenters. The highest BCUT2D eigenvalue weighted by atomic mass is 16.5. The maximum atomic E-state index is 13.9. The summed E-state index contributed by atoms with van der Waals surface area (Å²) >= 11 is 0. The molecular weight excluding hydrogens is 542 g/mol. The first-order valence-electron chi connectivity index (χ1n) is 15.1. The van der Waals surface area contributed by atoms with Gasteiger partial charge in [0, 0.05) is 37.6 Å². The number of nitrogens with zero attached hydrogens (tertiary/aromatic N) is 3. The van der Waals surface area contributed by atoms with Gasteiger partial charge in [-0.3, -0.25) is 4.79 Å². The third-order valence-corrected chi connectivity index (χ3v) is 9.19. The van der Waals surface area contributed by atoms with Gasteiger partial charge in [0.2, 0.25) is 11.7 Å². The summed E-state index contributed by atoms with van der Waals surface area (Å²) in [4.78, 5) is 26.5. The summed E-state index contributed by atoms with van der Waals surface area (Å²) in [6.45, 7) is 4.42. The molecule has 2 saturated heterocycles. The number of nitrogens with one attached hydrogen (secondary N) is 2. The number of hydrogen-bond acceptors (Lipinski definition) is 7. The number of fused-ring (bicyclic) bond motifs is 1. The van der Waals surface area contributed by atoms with Gasteiger partial charge in [-0.1, -0.05) is 42.5 Å². The van der Waals surface area contributed by atoms with Crippen LogP contribution in [0.25, 0.3) is 11.0 Å². The van der Waals surface area contributed by atoms with E-state index >= 15 is 0 Å². The molecule has 0 aliphatic carbocycles. The van der Waals surface area contributed by atoms with Crippen molar-refractivity contribution in [2.45, 2.75) is 37.1 Å². The highest BCUT2D eigenvalue weighted by Gasteiger charge is 2.42. The first-order valence-corrected chi connectivity index (χ1v) is 15.1. The van der Waals surface area contributed by atoms with Gasteiger partial charge in [0.05, 0.1) is 37.9 Å². The summed E-state index contributed by atoms with van der Waals surface area (Å²) in [6, 6.07) is 22.8. The number of rotatable bonds is 10. The predicted molar refractivity (Wildman–Crippen MR) is 169 cm³/mol. The molecule has 2 aliphatic heterocycles. The molecule has 6 rings (SSSR count). The van der Waals surface area contributed by atoms with Crippen molar-refractivity contribution in [3.05, 3.63) is 77.9 Å². The number of hydrogen-bond donors (Lipinski definition) is 2. The zero-order chi connectivity index (χ0) is 29.8. The number of benzene rings is 3. The zero-order valence-corrected chi connectivity index (χ0v) is 25.3. The molecule has 9 heteroatoms. The lowest BCUT2D eigenvalue weighted by atomic mass is 9.76. The maximum absolute atomic E-state index is 13.9. The van der Waals surface area contributed by atoms with E-state index in [0.29, 0.717) is 41.9 Å². The van der Waals surface area contributed by atoms with Crippen LogP contribution in [0.3, 0.4) is 0 Å². The van der Waals surface area contributed by atoms with Gasteiger partial charge in [-0.25, -0.2) is 4.98 Å². The Kier molecular flexibility index (Phi) is 8.42. The molecule has 0 bridgehead atoms. The van der Waals surface area contributed by atoms with Crippen LogP contribution in [-0.2, 0) is 5.41 Å². The van der Waals surface area contributed by atoms with Crippen molar-refractivity contribution < 1.29 is 19.0 Å². The number of likely N-dealkylation sites (tertiary alicyclic amines) is 2. The van der Waals surface area contributed by atoms with Crippen LogP contribution in [0.1, 0.15) is 41.6 Å². The Labute approximate surface area is 253 Å². The lowest BCUT2D eigenvalue weighted by Gasteiger charge is -2.36. The number of para-hydroxylation sites is 2. The molecular formula is C34H41N5O4. The lowest BCUT2D eigenvalue weighted by Crippen LogP contribution is -2.42. The number of carbonyl (C=O) groups is 1. The van der Waals surface area contributed by atoms with Crippen LogP contribution in [0, 0.1) is 0 Å². The second-order valence-electron chi connectivity index (χ2n) is 11.6. The number of methoxy groups -OCH3 is 3. The third-order valence-electron chi connectivity index (χ3n) is 9.19. The number of carbonyl (C=O) groups excluding carboxylic acids is 1. The van der Waals surface area contributed by atoms with Gasteiger partial charge in [-0.2, -0.15) is 0 Å². The molecule has 2 aliphatic rings. The molecule has 9 nitrogen and oxygen atoms in total. The van der Waals surface area contributed by atoms with Gasteiger partial charge in [-0.15, -0.1) is 0 Å². The number of piperidine rings is 1. The minimum absolute atomic E-state index is 0.0481. The van der Waals surface area contributed by atoms with E-state index in [0.717, 1.165) is 62.3 Å². The number of aromatic amines is 1. The third kappa shape index (κ3) is 5.86. The number of amides is 1. The van der Waals surface area contributed by atoms with Crippen LogP contribution in [-0.4, -0.2) is 85.8 Å². The Morgan fingerprint density at radius 3 is 2.40 bits per heavy atom. The number of aromatic nitrogens is 2. The molecule has 4 aromatic rings. The first-order chi connectivity index (χ1) is 21.0. The molecule has 0 saturated carbocycles. The van der Waals surface area contributed by atoms with Gasteiger partial charge in [0.1, 0.15) is 0 Å². The van der Waals surface area contributed by atoms with Crippen molar-refractivity contribution in [1.29, 1.82) is 0 Å². The molecule has 0 radical (unpaired) electrons. The van der Waals surface area contributed by atoms with Crippen molar-refractivity contribution in [3.63, 3.8) is 0 Å². The molecule has 226 valence electrons. The van der Waals surface area contributed by atoms with Crippen LogP contribution >= 0.6 is 0 Å². The van der Waals surface area contributed by atoms with Crippen LogP contribution < -0.4 is 19.5 Å². The van der Waals surface area contributed by atoms with Crippen LogP contribution in [0.2, 0.25) is 0 Å². The molecule has 3 heterocycles. The molecule has 3 aromatic carbocycles. The second-order valence-corrected chi connectivity index (χ2v) is 11.6. The number of imidazole rings is 1. The fourth-order valence-electron chi connectivity index (χ4n) is 6.75. The van der Waals surface area contributed by atoms with Crippen LogP contribution in [0.5, 0.6) is 17.2 Å². The minimum atomic E-state index is -0.107. The quantitative estimate of drug-likeness (QED) is 0.260. The summed E-state index contributed by atoms with van der Waals surface area (Å²) in [7, 11) is 4.69. The molecule has 0 spiro atoms. The van der Waals surface area contributed by atoms with Gasteiger partial charge >= 0.3 is 0 Å².